The van der Waals surface area contributed by atoms with Crippen LogP contribution in [0.2, 0.25) is 6.04 Å². The fourth-order valence-corrected chi connectivity index (χ4v) is 0.850. The van der Waals surface area contributed by atoms with E-state index in [-0.39, 0.29) is 0 Å². The molecule has 0 aliphatic heterocycles. The van der Waals surface area contributed by atoms with Gasteiger partial charge in [-0.15, -0.1) is 0 Å². The van der Waals surface area contributed by atoms with Crippen LogP contribution >= 0.6 is 11.1 Å². The highest BCUT2D eigenvalue weighted by atomic mass is 35.6. The third-order valence-corrected chi connectivity index (χ3v) is 1.60. The highest BCUT2D eigenvalue weighted by Crippen LogP contribution is 1.85. The predicted octanol–water partition coefficient (Wildman–Crippen LogP) is 1.67. The number of halogens is 1. The highest BCUT2D eigenvalue weighted by Gasteiger charge is 1.73. The van der Waals surface area contributed by atoms with Crippen molar-refractivity contribution in [2.75, 3.05) is 0 Å². The molecule has 0 fully saturated rings. The van der Waals surface area contributed by atoms with Crippen LogP contribution in [0.25, 0.3) is 0 Å². The summed E-state index contributed by atoms with van der Waals surface area (Å²) < 4.78 is 0. The third-order valence-electron chi connectivity index (χ3n) is 0.344. The van der Waals surface area contributed by atoms with Gasteiger partial charge in [0.15, 0.2) is 8.83 Å². The SMILES string of the molecule is CCC[Si]Cl. The van der Waals surface area contributed by atoms with E-state index in [0.29, 0.717) is 8.83 Å². The first kappa shape index (κ1) is 5.51. The van der Waals surface area contributed by atoms with E-state index in [2.05, 4.69) is 6.92 Å². The Morgan fingerprint density at radius 2 is 2.40 bits per heavy atom. The second-order valence-electron chi connectivity index (χ2n) is 0.884. The van der Waals surface area contributed by atoms with Gasteiger partial charge >= 0.3 is 0 Å². The van der Waals surface area contributed by atoms with Crippen LogP contribution in [-0.2, 0) is 0 Å². The van der Waals surface area contributed by atoms with E-state index in [1.807, 2.05) is 0 Å². The normalized spacial score (nSPS) is 8.40. The monoisotopic (exact) mass is 106 g/mol. The van der Waals surface area contributed by atoms with E-state index in [4.69, 9.17) is 11.1 Å². The predicted molar refractivity (Wildman–Crippen MR) is 26.7 cm³/mol. The van der Waals surface area contributed by atoms with Crippen molar-refractivity contribution in [3.8, 4) is 0 Å². The molecule has 0 amide bonds. The molecular weight excluding hydrogens is 99.6 g/mol. The van der Waals surface area contributed by atoms with Crippen LogP contribution in [0.15, 0.2) is 0 Å². The van der Waals surface area contributed by atoms with Crippen molar-refractivity contribution < 1.29 is 0 Å². The quantitative estimate of drug-likeness (QED) is 0.371. The van der Waals surface area contributed by atoms with Crippen LogP contribution in [-0.4, -0.2) is 8.83 Å². The summed E-state index contributed by atoms with van der Waals surface area (Å²) in [5, 5.41) is 0. The third kappa shape index (κ3) is 4.51. The smallest absolute Gasteiger partial charge is 0.171 e. The zero-order valence-electron chi connectivity index (χ0n) is 3.29. The second-order valence-corrected chi connectivity index (χ2v) is 2.45. The molecule has 0 aromatic heterocycles. The molecule has 0 aliphatic carbocycles. The van der Waals surface area contributed by atoms with Crippen molar-refractivity contribution >= 4 is 19.9 Å². The van der Waals surface area contributed by atoms with Gasteiger partial charge in [0.05, 0.1) is 0 Å². The first-order valence-corrected chi connectivity index (χ1v) is 3.97. The summed E-state index contributed by atoms with van der Waals surface area (Å²) in [6.45, 7) is 2.13. The van der Waals surface area contributed by atoms with Crippen LogP contribution in [0.1, 0.15) is 13.3 Å². The van der Waals surface area contributed by atoms with Gasteiger partial charge in [-0.05, 0) is 6.04 Å². The molecule has 2 heteroatoms. The summed E-state index contributed by atoms with van der Waals surface area (Å²) in [6.07, 6.45) is 1.22. The average Bonchev–Trinajstić information content (AvgIpc) is 1.41. The van der Waals surface area contributed by atoms with E-state index >= 15 is 0 Å². The summed E-state index contributed by atoms with van der Waals surface area (Å²) in [7, 11) is 0.630. The maximum absolute atomic E-state index is 5.33. The van der Waals surface area contributed by atoms with E-state index < -0.39 is 0 Å². The van der Waals surface area contributed by atoms with Gasteiger partial charge in [0.25, 0.3) is 0 Å². The topological polar surface area (TPSA) is 0 Å². The molecule has 2 radical (unpaired) electrons. The Bertz CT molecular complexity index is 14.4. The molecule has 0 unspecified atom stereocenters. The van der Waals surface area contributed by atoms with Crippen molar-refractivity contribution in [1.29, 1.82) is 0 Å². The highest BCUT2D eigenvalue weighted by molar-refractivity contribution is 6.93. The Morgan fingerprint density at radius 3 is 2.40 bits per heavy atom. The lowest BCUT2D eigenvalue weighted by molar-refractivity contribution is 1.08. The van der Waals surface area contributed by atoms with Gasteiger partial charge in [0.1, 0.15) is 0 Å². The lowest BCUT2D eigenvalue weighted by Crippen LogP contribution is -1.69. The molecule has 0 aromatic carbocycles. The van der Waals surface area contributed by atoms with Crippen LogP contribution in [0.5, 0.6) is 0 Å². The number of hydrogen-bond acceptors (Lipinski definition) is 0. The number of hydrogen-bond donors (Lipinski definition) is 0. The lowest BCUT2D eigenvalue weighted by atomic mass is 10.6. The standard InChI is InChI=1S/C3H7ClSi/c1-2-3-5-4/h2-3H2,1H3. The van der Waals surface area contributed by atoms with Crippen molar-refractivity contribution in [3.63, 3.8) is 0 Å². The average molecular weight is 107 g/mol. The molecule has 0 heterocycles. The molecule has 0 spiro atoms. The Hall–Kier alpha value is 0.507. The first-order valence-electron chi connectivity index (χ1n) is 1.75. The minimum Gasteiger partial charge on any atom is -0.171 e. The molecule has 5 heavy (non-hydrogen) atoms. The van der Waals surface area contributed by atoms with E-state index in [1.54, 1.807) is 0 Å². The van der Waals surface area contributed by atoms with Gasteiger partial charge in [0.2, 0.25) is 0 Å². The molecule has 0 nitrogen and oxygen atoms in total. The molecule has 0 atom stereocenters. The molecule has 0 rings (SSSR count). The Balaban J connectivity index is 2.19. The summed E-state index contributed by atoms with van der Waals surface area (Å²) in [4.78, 5) is 0. The molecular formula is C3H7ClSi. The van der Waals surface area contributed by atoms with Crippen molar-refractivity contribution in [1.82, 2.24) is 0 Å². The molecule has 30 valence electrons. The van der Waals surface area contributed by atoms with Crippen LogP contribution in [0.4, 0.5) is 0 Å². The molecule has 0 saturated heterocycles. The number of rotatable bonds is 2. The summed E-state index contributed by atoms with van der Waals surface area (Å²) >= 11 is 5.33. The van der Waals surface area contributed by atoms with Gasteiger partial charge in [0, 0.05) is 0 Å². The Morgan fingerprint density at radius 1 is 1.80 bits per heavy atom. The molecule has 0 bridgehead atoms. The maximum Gasteiger partial charge on any atom is 0.171 e. The van der Waals surface area contributed by atoms with E-state index in [9.17, 15) is 0 Å². The van der Waals surface area contributed by atoms with E-state index in [0.717, 1.165) is 0 Å². The largest absolute Gasteiger partial charge is 0.171 e. The Labute approximate surface area is 40.1 Å². The minimum absolute atomic E-state index is 0.630. The first-order chi connectivity index (χ1) is 2.41. The van der Waals surface area contributed by atoms with Gasteiger partial charge < -0.3 is 0 Å². The molecule has 0 N–H and O–H groups in total. The van der Waals surface area contributed by atoms with Crippen LogP contribution in [0, 0.1) is 0 Å². The molecule has 0 saturated carbocycles. The van der Waals surface area contributed by atoms with Gasteiger partial charge in [-0.1, -0.05) is 13.3 Å². The summed E-state index contributed by atoms with van der Waals surface area (Å²) in [5.74, 6) is 0. The van der Waals surface area contributed by atoms with Gasteiger partial charge in [-0.3, -0.25) is 0 Å². The molecule has 0 aliphatic rings. The second kappa shape index (κ2) is 4.51. The van der Waals surface area contributed by atoms with Gasteiger partial charge in [-0.2, -0.15) is 11.1 Å². The fourth-order valence-electron chi connectivity index (χ4n) is 0.0945. The van der Waals surface area contributed by atoms with Crippen molar-refractivity contribution in [3.05, 3.63) is 0 Å². The van der Waals surface area contributed by atoms with Crippen LogP contribution in [0.3, 0.4) is 0 Å². The minimum atomic E-state index is 0.630. The van der Waals surface area contributed by atoms with Crippen LogP contribution < -0.4 is 0 Å². The zero-order chi connectivity index (χ0) is 4.12. The zero-order valence-corrected chi connectivity index (χ0v) is 5.05. The maximum atomic E-state index is 5.33. The van der Waals surface area contributed by atoms with Gasteiger partial charge in [-0.25, -0.2) is 0 Å². The molecule has 0 aromatic rings. The van der Waals surface area contributed by atoms with E-state index in [1.165, 1.54) is 12.5 Å². The van der Waals surface area contributed by atoms with Crippen molar-refractivity contribution in [2.24, 2.45) is 0 Å². The summed E-state index contributed by atoms with van der Waals surface area (Å²) in [6, 6.07) is 1.18. The fraction of sp³-hybridized carbons (Fsp3) is 1.00. The Kier molecular flexibility index (Phi) is 4.96. The van der Waals surface area contributed by atoms with Crippen molar-refractivity contribution in [2.45, 2.75) is 19.4 Å². The summed E-state index contributed by atoms with van der Waals surface area (Å²) in [5.41, 5.74) is 0. The lowest BCUT2D eigenvalue weighted by Gasteiger charge is -1.74.